The third kappa shape index (κ3) is 5.26. The van der Waals surface area contributed by atoms with Gasteiger partial charge < -0.3 is 4.98 Å². The molecule has 5 aromatic rings. The largest absolute Gasteiger partial charge is 0.322 e. The Labute approximate surface area is 210 Å². The average Bonchev–Trinajstić information content (AvgIpc) is 3.34. The molecule has 0 aliphatic rings. The number of rotatable bonds is 9. The summed E-state index contributed by atoms with van der Waals surface area (Å²) in [6, 6.07) is 28.5. The van der Waals surface area contributed by atoms with Gasteiger partial charge in [0.2, 0.25) is 0 Å². The average molecular weight is 479 g/mol. The highest BCUT2D eigenvalue weighted by molar-refractivity contribution is 5.79. The predicted molar refractivity (Wildman–Crippen MR) is 141 cm³/mol. The Balaban J connectivity index is 1.52. The third-order valence-electron chi connectivity index (χ3n) is 6.54. The maximum atomic E-state index is 13.1. The summed E-state index contributed by atoms with van der Waals surface area (Å²) >= 11 is 0. The Morgan fingerprint density at radius 1 is 0.917 bits per heavy atom. The zero-order chi connectivity index (χ0) is 24.9. The van der Waals surface area contributed by atoms with E-state index in [0.717, 1.165) is 39.8 Å². The summed E-state index contributed by atoms with van der Waals surface area (Å²) in [7, 11) is 0. The van der Waals surface area contributed by atoms with Gasteiger partial charge in [0.25, 0.3) is 5.56 Å². The van der Waals surface area contributed by atoms with Gasteiger partial charge in [0, 0.05) is 24.2 Å². The van der Waals surface area contributed by atoms with Crippen molar-refractivity contribution in [3.8, 4) is 0 Å². The number of hydrogen-bond donors (Lipinski definition) is 1. The molecule has 0 aliphatic heterocycles. The Kier molecular flexibility index (Phi) is 7.00. The first-order valence-corrected chi connectivity index (χ1v) is 12.3. The van der Waals surface area contributed by atoms with Crippen LogP contribution in [0.5, 0.6) is 0 Å². The molecule has 3 aromatic carbocycles. The highest BCUT2D eigenvalue weighted by Crippen LogP contribution is 2.27. The van der Waals surface area contributed by atoms with Gasteiger partial charge in [-0.1, -0.05) is 79.2 Å². The van der Waals surface area contributed by atoms with Gasteiger partial charge >= 0.3 is 0 Å². The van der Waals surface area contributed by atoms with Crippen molar-refractivity contribution in [2.45, 2.75) is 45.9 Å². The van der Waals surface area contributed by atoms with E-state index in [4.69, 9.17) is 0 Å². The SMILES string of the molecule is CC[C@H](c1nnnn1Cc1ccccc1)N(Cc1ccccc1)Cc1cc2cc(C)ccc2[nH]c1=O. The molecule has 2 heterocycles. The lowest BCUT2D eigenvalue weighted by Crippen LogP contribution is -2.32. The molecule has 0 aliphatic carbocycles. The molecule has 2 aromatic heterocycles. The molecular formula is C29H30N6O. The summed E-state index contributed by atoms with van der Waals surface area (Å²) < 4.78 is 1.87. The van der Waals surface area contributed by atoms with Crippen LogP contribution in [0, 0.1) is 6.92 Å². The second kappa shape index (κ2) is 10.7. The summed E-state index contributed by atoms with van der Waals surface area (Å²) in [6.07, 6.45) is 0.798. The molecule has 0 radical (unpaired) electrons. The maximum absolute atomic E-state index is 13.1. The van der Waals surface area contributed by atoms with Gasteiger partial charge in [-0.2, -0.15) is 0 Å². The highest BCUT2D eigenvalue weighted by atomic mass is 16.1. The molecule has 0 unspecified atom stereocenters. The van der Waals surface area contributed by atoms with Gasteiger partial charge in [0.05, 0.1) is 12.6 Å². The molecule has 0 bridgehead atoms. The van der Waals surface area contributed by atoms with Crippen LogP contribution in [-0.4, -0.2) is 30.1 Å². The summed E-state index contributed by atoms with van der Waals surface area (Å²) in [4.78, 5) is 18.4. The molecule has 5 rings (SSSR count). The maximum Gasteiger partial charge on any atom is 0.252 e. The minimum absolute atomic E-state index is 0.0665. The minimum atomic E-state index is -0.0727. The Morgan fingerprint density at radius 3 is 2.36 bits per heavy atom. The summed E-state index contributed by atoms with van der Waals surface area (Å²) in [6.45, 7) is 5.94. The zero-order valence-electron chi connectivity index (χ0n) is 20.6. The fourth-order valence-electron chi connectivity index (χ4n) is 4.72. The molecule has 7 nitrogen and oxygen atoms in total. The Hall–Kier alpha value is -4.10. The van der Waals surface area contributed by atoms with Crippen LogP contribution in [0.2, 0.25) is 0 Å². The highest BCUT2D eigenvalue weighted by Gasteiger charge is 2.26. The Morgan fingerprint density at radius 2 is 1.64 bits per heavy atom. The van der Waals surface area contributed by atoms with E-state index in [9.17, 15) is 4.79 Å². The van der Waals surface area contributed by atoms with Crippen LogP contribution < -0.4 is 5.56 Å². The van der Waals surface area contributed by atoms with Crippen molar-refractivity contribution in [2.24, 2.45) is 0 Å². The monoisotopic (exact) mass is 478 g/mol. The minimum Gasteiger partial charge on any atom is -0.322 e. The van der Waals surface area contributed by atoms with Crippen molar-refractivity contribution in [1.82, 2.24) is 30.1 Å². The van der Waals surface area contributed by atoms with Crippen molar-refractivity contribution in [2.75, 3.05) is 0 Å². The first kappa shape index (κ1) is 23.6. The third-order valence-corrected chi connectivity index (χ3v) is 6.54. The quantitative estimate of drug-likeness (QED) is 0.322. The lowest BCUT2D eigenvalue weighted by atomic mass is 10.1. The van der Waals surface area contributed by atoms with Gasteiger partial charge in [0.1, 0.15) is 0 Å². The van der Waals surface area contributed by atoms with E-state index in [-0.39, 0.29) is 11.6 Å². The lowest BCUT2D eigenvalue weighted by molar-refractivity contribution is 0.161. The summed E-state index contributed by atoms with van der Waals surface area (Å²) in [5.41, 5.74) is 4.98. The van der Waals surface area contributed by atoms with Gasteiger partial charge in [-0.3, -0.25) is 9.69 Å². The number of tetrazole rings is 1. The van der Waals surface area contributed by atoms with Crippen LogP contribution >= 0.6 is 0 Å². The fraction of sp³-hybridized carbons (Fsp3) is 0.241. The van der Waals surface area contributed by atoms with Crippen molar-refractivity contribution < 1.29 is 0 Å². The second-order valence-electron chi connectivity index (χ2n) is 9.21. The number of aryl methyl sites for hydroxylation is 1. The molecule has 182 valence electrons. The normalized spacial score (nSPS) is 12.3. The fourth-order valence-corrected chi connectivity index (χ4v) is 4.72. The number of hydrogen-bond acceptors (Lipinski definition) is 5. The van der Waals surface area contributed by atoms with Crippen LogP contribution in [0.25, 0.3) is 10.9 Å². The van der Waals surface area contributed by atoms with E-state index in [1.807, 2.05) is 59.3 Å². The molecular weight excluding hydrogens is 448 g/mol. The molecule has 0 spiro atoms. The number of aromatic nitrogens is 5. The van der Waals surface area contributed by atoms with Gasteiger partial charge in [-0.05, 0) is 58.5 Å². The van der Waals surface area contributed by atoms with Crippen molar-refractivity contribution in [3.05, 3.63) is 123 Å². The van der Waals surface area contributed by atoms with Crippen LogP contribution in [-0.2, 0) is 19.6 Å². The zero-order valence-corrected chi connectivity index (χ0v) is 20.6. The van der Waals surface area contributed by atoms with E-state index < -0.39 is 0 Å². The number of fused-ring (bicyclic) bond motifs is 1. The number of pyridine rings is 1. The first-order chi connectivity index (χ1) is 17.6. The second-order valence-corrected chi connectivity index (χ2v) is 9.21. The smallest absolute Gasteiger partial charge is 0.252 e. The van der Waals surface area contributed by atoms with E-state index in [2.05, 4.69) is 69.6 Å². The molecule has 0 saturated carbocycles. The van der Waals surface area contributed by atoms with Crippen LogP contribution in [0.1, 0.15) is 47.5 Å². The number of benzene rings is 3. The molecule has 0 amide bonds. The number of nitrogens with one attached hydrogen (secondary N) is 1. The van der Waals surface area contributed by atoms with E-state index in [1.54, 1.807) is 0 Å². The van der Waals surface area contributed by atoms with Crippen LogP contribution in [0.4, 0.5) is 0 Å². The van der Waals surface area contributed by atoms with E-state index >= 15 is 0 Å². The van der Waals surface area contributed by atoms with Gasteiger partial charge in [-0.25, -0.2) is 4.68 Å². The lowest BCUT2D eigenvalue weighted by Gasteiger charge is -2.30. The van der Waals surface area contributed by atoms with E-state index in [1.165, 1.54) is 5.56 Å². The first-order valence-electron chi connectivity index (χ1n) is 12.3. The van der Waals surface area contributed by atoms with Gasteiger partial charge in [0.15, 0.2) is 5.82 Å². The Bertz CT molecular complexity index is 1490. The number of aromatic amines is 1. The number of H-pyrrole nitrogens is 1. The molecule has 0 fully saturated rings. The molecule has 1 atom stereocenters. The van der Waals surface area contributed by atoms with Crippen molar-refractivity contribution in [1.29, 1.82) is 0 Å². The van der Waals surface area contributed by atoms with E-state index in [0.29, 0.717) is 19.6 Å². The van der Waals surface area contributed by atoms with Gasteiger partial charge in [-0.15, -0.1) is 5.10 Å². The standard InChI is InChI=1S/C29H30N6O/c1-3-27(28-31-32-33-35(28)19-23-12-8-5-9-13-23)34(18-22-10-6-4-7-11-22)20-25-17-24-16-21(2)14-15-26(24)30-29(25)36/h4-17,27H,3,18-20H2,1-2H3,(H,30,36)/t27-/m1/s1. The molecule has 7 heteroatoms. The molecule has 36 heavy (non-hydrogen) atoms. The molecule has 0 saturated heterocycles. The topological polar surface area (TPSA) is 79.7 Å². The molecule has 1 N–H and O–H groups in total. The van der Waals surface area contributed by atoms with Crippen molar-refractivity contribution in [3.63, 3.8) is 0 Å². The van der Waals surface area contributed by atoms with Crippen LogP contribution in [0.3, 0.4) is 0 Å². The van der Waals surface area contributed by atoms with Crippen molar-refractivity contribution >= 4 is 10.9 Å². The predicted octanol–water partition coefficient (Wildman–Crippen LogP) is 5.02. The summed E-state index contributed by atoms with van der Waals surface area (Å²) in [5, 5.41) is 13.8. The summed E-state index contributed by atoms with van der Waals surface area (Å²) in [5.74, 6) is 0.797. The van der Waals surface area contributed by atoms with Crippen LogP contribution in [0.15, 0.2) is 89.7 Å². The number of nitrogens with zero attached hydrogens (tertiary/aromatic N) is 5.